The van der Waals surface area contributed by atoms with Gasteiger partial charge in [0, 0.05) is 29.0 Å². The molecule has 0 spiro atoms. The maximum atomic E-state index is 5.57. The zero-order valence-electron chi connectivity index (χ0n) is 18.0. The minimum Gasteiger partial charge on any atom is -0.497 e. The van der Waals surface area contributed by atoms with Crippen LogP contribution in [0.25, 0.3) is 28.2 Å². The predicted molar refractivity (Wildman–Crippen MR) is 117 cm³/mol. The van der Waals surface area contributed by atoms with E-state index < -0.39 is 0 Å². The van der Waals surface area contributed by atoms with Crippen molar-refractivity contribution in [2.45, 2.75) is 0 Å². The van der Waals surface area contributed by atoms with Gasteiger partial charge in [0.2, 0.25) is 5.75 Å². The highest BCUT2D eigenvalue weighted by Crippen LogP contribution is 2.41. The van der Waals surface area contributed by atoms with E-state index in [2.05, 4.69) is 10.2 Å². The van der Waals surface area contributed by atoms with Crippen molar-refractivity contribution in [2.75, 3.05) is 35.5 Å². The van der Waals surface area contributed by atoms with Gasteiger partial charge >= 0.3 is 0 Å². The van der Waals surface area contributed by atoms with Crippen molar-refractivity contribution in [1.29, 1.82) is 0 Å². The van der Waals surface area contributed by atoms with Crippen LogP contribution in [0.2, 0.25) is 0 Å². The van der Waals surface area contributed by atoms with E-state index in [0.717, 1.165) is 22.4 Å². The molecule has 0 aliphatic heterocycles. The van der Waals surface area contributed by atoms with Crippen molar-refractivity contribution < 1.29 is 23.7 Å². The van der Waals surface area contributed by atoms with Gasteiger partial charge in [-0.3, -0.25) is 4.40 Å². The van der Waals surface area contributed by atoms with Gasteiger partial charge in [0.15, 0.2) is 23.0 Å². The largest absolute Gasteiger partial charge is 0.497 e. The van der Waals surface area contributed by atoms with Crippen LogP contribution in [0.5, 0.6) is 28.7 Å². The van der Waals surface area contributed by atoms with Crippen LogP contribution < -0.4 is 23.7 Å². The number of rotatable bonds is 7. The van der Waals surface area contributed by atoms with Gasteiger partial charge in [-0.25, -0.2) is 0 Å². The van der Waals surface area contributed by atoms with Gasteiger partial charge in [-0.1, -0.05) is 0 Å². The molecule has 0 atom stereocenters. The lowest BCUT2D eigenvalue weighted by molar-refractivity contribution is 0.324. The van der Waals surface area contributed by atoms with E-state index in [9.17, 15) is 0 Å². The normalized spacial score (nSPS) is 10.7. The Morgan fingerprint density at radius 1 is 0.645 bits per heavy atom. The first-order valence-corrected chi connectivity index (χ1v) is 9.51. The fraction of sp³-hybridized carbons (Fsp3) is 0.217. The number of ether oxygens (including phenoxy) is 5. The van der Waals surface area contributed by atoms with Gasteiger partial charge in [0.25, 0.3) is 0 Å². The maximum Gasteiger partial charge on any atom is 0.203 e. The third kappa shape index (κ3) is 3.56. The Labute approximate surface area is 179 Å². The Balaban J connectivity index is 1.88. The summed E-state index contributed by atoms with van der Waals surface area (Å²) >= 11 is 0. The second-order valence-electron chi connectivity index (χ2n) is 6.65. The van der Waals surface area contributed by atoms with Gasteiger partial charge < -0.3 is 23.7 Å². The van der Waals surface area contributed by atoms with Crippen LogP contribution in [0.15, 0.2) is 48.7 Å². The van der Waals surface area contributed by atoms with Gasteiger partial charge in [0.05, 0.1) is 35.5 Å². The number of hydrogen-bond acceptors (Lipinski definition) is 7. The molecular formula is C23H23N3O5. The molecule has 31 heavy (non-hydrogen) atoms. The molecule has 2 heterocycles. The van der Waals surface area contributed by atoms with Crippen LogP contribution in [0, 0.1) is 0 Å². The molecule has 0 unspecified atom stereocenters. The zero-order chi connectivity index (χ0) is 22.0. The molecule has 2 aromatic carbocycles. The quantitative estimate of drug-likeness (QED) is 0.444. The van der Waals surface area contributed by atoms with E-state index in [4.69, 9.17) is 23.7 Å². The third-order valence-corrected chi connectivity index (χ3v) is 5.04. The van der Waals surface area contributed by atoms with E-state index >= 15 is 0 Å². The average Bonchev–Trinajstić information content (AvgIpc) is 3.25. The minimum atomic E-state index is 0.520. The minimum absolute atomic E-state index is 0.520. The Morgan fingerprint density at radius 3 is 1.97 bits per heavy atom. The first kappa shape index (κ1) is 20.3. The molecule has 8 heteroatoms. The monoisotopic (exact) mass is 421 g/mol. The number of hydrogen-bond donors (Lipinski definition) is 0. The third-order valence-electron chi connectivity index (χ3n) is 5.04. The molecule has 0 fully saturated rings. The first-order valence-electron chi connectivity index (χ1n) is 9.51. The van der Waals surface area contributed by atoms with Crippen molar-refractivity contribution in [2.24, 2.45) is 0 Å². The standard InChI is InChI=1S/C23H23N3O5/c1-27-16-7-8-17(18(12-16)28-2)14-6-9-21-24-25-23(26(21)13-14)15-10-19(29-3)22(31-5)20(11-15)30-4/h6-13H,1-5H3. The van der Waals surface area contributed by atoms with Crippen LogP contribution in [0.1, 0.15) is 0 Å². The first-order chi connectivity index (χ1) is 15.1. The zero-order valence-corrected chi connectivity index (χ0v) is 18.0. The fourth-order valence-electron chi connectivity index (χ4n) is 3.49. The molecule has 0 radical (unpaired) electrons. The second-order valence-corrected chi connectivity index (χ2v) is 6.65. The highest BCUT2D eigenvalue weighted by Gasteiger charge is 2.18. The summed E-state index contributed by atoms with van der Waals surface area (Å²) < 4.78 is 29.2. The summed E-state index contributed by atoms with van der Waals surface area (Å²) in [5.74, 6) is 3.68. The SMILES string of the molecule is COc1ccc(-c2ccc3nnc(-c4cc(OC)c(OC)c(OC)c4)n3c2)c(OC)c1. The molecular weight excluding hydrogens is 398 g/mol. The lowest BCUT2D eigenvalue weighted by atomic mass is 10.1. The number of pyridine rings is 1. The Hall–Kier alpha value is -3.94. The number of benzene rings is 2. The molecule has 0 aliphatic rings. The summed E-state index contributed by atoms with van der Waals surface area (Å²) in [6, 6.07) is 13.3. The van der Waals surface area contributed by atoms with Crippen molar-refractivity contribution >= 4 is 5.65 Å². The molecule has 4 rings (SSSR count). The lowest BCUT2D eigenvalue weighted by Gasteiger charge is -2.14. The number of fused-ring (bicyclic) bond motifs is 1. The van der Waals surface area contributed by atoms with Gasteiger partial charge in [0.1, 0.15) is 11.5 Å². The van der Waals surface area contributed by atoms with Crippen molar-refractivity contribution in [3.63, 3.8) is 0 Å². The topological polar surface area (TPSA) is 76.3 Å². The molecule has 160 valence electrons. The molecule has 0 saturated carbocycles. The molecule has 0 bridgehead atoms. The summed E-state index contributed by atoms with van der Waals surface area (Å²) in [5.41, 5.74) is 3.36. The Bertz CT molecular complexity index is 1210. The Kier molecular flexibility index (Phi) is 5.53. The van der Waals surface area contributed by atoms with Crippen LogP contribution in [0.3, 0.4) is 0 Å². The van der Waals surface area contributed by atoms with Crippen LogP contribution >= 0.6 is 0 Å². The number of methoxy groups -OCH3 is 5. The molecule has 4 aromatic rings. The van der Waals surface area contributed by atoms with Crippen molar-refractivity contribution in [3.05, 3.63) is 48.7 Å². The fourth-order valence-corrected chi connectivity index (χ4v) is 3.49. The van der Waals surface area contributed by atoms with E-state index in [1.54, 1.807) is 35.5 Å². The summed E-state index contributed by atoms with van der Waals surface area (Å²) in [6.45, 7) is 0. The summed E-state index contributed by atoms with van der Waals surface area (Å²) in [4.78, 5) is 0. The highest BCUT2D eigenvalue weighted by molar-refractivity contribution is 5.74. The van der Waals surface area contributed by atoms with Gasteiger partial charge in [-0.05, 0) is 36.4 Å². The number of nitrogens with zero attached hydrogens (tertiary/aromatic N) is 3. The molecule has 0 saturated heterocycles. The highest BCUT2D eigenvalue weighted by atomic mass is 16.5. The second kappa shape index (κ2) is 8.43. The maximum absolute atomic E-state index is 5.57. The van der Waals surface area contributed by atoms with Gasteiger partial charge in [-0.2, -0.15) is 0 Å². The van der Waals surface area contributed by atoms with Crippen LogP contribution in [-0.2, 0) is 0 Å². The molecule has 0 amide bonds. The summed E-state index contributed by atoms with van der Waals surface area (Å²) in [6.07, 6.45) is 1.97. The van der Waals surface area contributed by atoms with E-state index in [0.29, 0.717) is 34.5 Å². The van der Waals surface area contributed by atoms with Crippen molar-refractivity contribution in [3.8, 4) is 51.3 Å². The molecule has 2 aromatic heterocycles. The van der Waals surface area contributed by atoms with E-state index in [-0.39, 0.29) is 0 Å². The smallest absolute Gasteiger partial charge is 0.203 e. The number of aromatic nitrogens is 3. The van der Waals surface area contributed by atoms with Gasteiger partial charge in [-0.15, -0.1) is 10.2 Å². The van der Waals surface area contributed by atoms with E-state index in [1.165, 1.54) is 0 Å². The predicted octanol–water partition coefficient (Wildman–Crippen LogP) is 4.11. The summed E-state index contributed by atoms with van der Waals surface area (Å²) in [5, 5.41) is 8.69. The molecule has 8 nitrogen and oxygen atoms in total. The molecule has 0 N–H and O–H groups in total. The summed E-state index contributed by atoms with van der Waals surface area (Å²) in [7, 11) is 7.99. The van der Waals surface area contributed by atoms with Crippen LogP contribution in [-0.4, -0.2) is 50.1 Å². The van der Waals surface area contributed by atoms with Crippen molar-refractivity contribution in [1.82, 2.24) is 14.6 Å². The molecule has 0 aliphatic carbocycles. The van der Waals surface area contributed by atoms with E-state index in [1.807, 2.05) is 53.1 Å². The average molecular weight is 421 g/mol. The Morgan fingerprint density at radius 2 is 1.35 bits per heavy atom. The lowest BCUT2D eigenvalue weighted by Crippen LogP contribution is -1.97. The van der Waals surface area contributed by atoms with Crippen LogP contribution in [0.4, 0.5) is 0 Å².